The molecule has 7 heteroatoms. The molecule has 4 rings (SSSR count). The highest BCUT2D eigenvalue weighted by Crippen LogP contribution is 2.28. The first kappa shape index (κ1) is 20.5. The number of halogens is 1. The standard InChI is InChI=1S/C23H27ClN4O2/c1-23(2,3)30-22(29)25-17-12-13-27(15-17)21-26-19-10-6-7-11-20(19)28(21)14-16-8-4-5-9-18(16)24/h4-11,17H,12-15H2,1-3H3,(H,25,29)/t17-/m0/s1. The molecule has 1 N–H and O–H groups in total. The summed E-state index contributed by atoms with van der Waals surface area (Å²) in [6.07, 6.45) is 0.466. The Balaban J connectivity index is 1.57. The van der Waals surface area contributed by atoms with Crippen molar-refractivity contribution in [3.05, 3.63) is 59.1 Å². The van der Waals surface area contributed by atoms with Gasteiger partial charge in [0.05, 0.1) is 23.6 Å². The lowest BCUT2D eigenvalue weighted by Gasteiger charge is -2.22. The normalized spacial score (nSPS) is 16.8. The Hall–Kier alpha value is -2.73. The van der Waals surface area contributed by atoms with Gasteiger partial charge in [-0.25, -0.2) is 9.78 Å². The van der Waals surface area contributed by atoms with Gasteiger partial charge in [0.25, 0.3) is 0 Å². The van der Waals surface area contributed by atoms with Crippen molar-refractivity contribution < 1.29 is 9.53 Å². The van der Waals surface area contributed by atoms with Crippen LogP contribution in [0.1, 0.15) is 32.8 Å². The van der Waals surface area contributed by atoms with Gasteiger partial charge in [0.1, 0.15) is 5.60 Å². The van der Waals surface area contributed by atoms with Crippen molar-refractivity contribution in [2.75, 3.05) is 18.0 Å². The summed E-state index contributed by atoms with van der Waals surface area (Å²) in [6.45, 7) is 7.73. The average Bonchev–Trinajstić information content (AvgIpc) is 3.27. The zero-order valence-corrected chi connectivity index (χ0v) is 18.3. The second kappa shape index (κ2) is 8.19. The highest BCUT2D eigenvalue weighted by Gasteiger charge is 2.29. The van der Waals surface area contributed by atoms with Crippen LogP contribution in [-0.4, -0.2) is 40.4 Å². The van der Waals surface area contributed by atoms with E-state index in [1.165, 1.54) is 0 Å². The monoisotopic (exact) mass is 426 g/mol. The summed E-state index contributed by atoms with van der Waals surface area (Å²) in [5.41, 5.74) is 2.55. The Kier molecular flexibility index (Phi) is 5.60. The smallest absolute Gasteiger partial charge is 0.407 e. The molecule has 3 aromatic rings. The van der Waals surface area contributed by atoms with Gasteiger partial charge in [0.15, 0.2) is 0 Å². The summed E-state index contributed by atoms with van der Waals surface area (Å²) >= 11 is 6.43. The van der Waals surface area contributed by atoms with Crippen LogP contribution in [0, 0.1) is 0 Å². The lowest BCUT2D eigenvalue weighted by molar-refractivity contribution is 0.0509. The molecule has 6 nitrogen and oxygen atoms in total. The number of rotatable bonds is 4. The van der Waals surface area contributed by atoms with E-state index in [1.807, 2.05) is 63.2 Å². The van der Waals surface area contributed by atoms with E-state index in [0.29, 0.717) is 13.1 Å². The van der Waals surface area contributed by atoms with Gasteiger partial charge in [-0.05, 0) is 51.0 Å². The second-order valence-electron chi connectivity index (χ2n) is 8.66. The summed E-state index contributed by atoms with van der Waals surface area (Å²) < 4.78 is 7.60. The molecule has 0 saturated carbocycles. The molecular weight excluding hydrogens is 400 g/mol. The molecule has 2 aromatic carbocycles. The van der Waals surface area contributed by atoms with Crippen LogP contribution in [0.4, 0.5) is 10.7 Å². The van der Waals surface area contributed by atoms with E-state index >= 15 is 0 Å². The fourth-order valence-electron chi connectivity index (χ4n) is 3.79. The van der Waals surface area contributed by atoms with Crippen molar-refractivity contribution in [1.29, 1.82) is 0 Å². The van der Waals surface area contributed by atoms with Crippen molar-refractivity contribution in [2.45, 2.75) is 45.4 Å². The van der Waals surface area contributed by atoms with E-state index in [9.17, 15) is 4.79 Å². The molecule has 0 radical (unpaired) electrons. The van der Waals surface area contributed by atoms with Crippen molar-refractivity contribution in [2.24, 2.45) is 0 Å². The van der Waals surface area contributed by atoms with Crippen LogP contribution in [0.25, 0.3) is 11.0 Å². The minimum absolute atomic E-state index is 0.0217. The number of hydrogen-bond acceptors (Lipinski definition) is 4. The number of carbonyl (C=O) groups is 1. The van der Waals surface area contributed by atoms with Gasteiger partial charge in [-0.2, -0.15) is 0 Å². The Labute approximate surface area is 181 Å². The number of imidazole rings is 1. The zero-order valence-electron chi connectivity index (χ0n) is 17.6. The number of ether oxygens (including phenoxy) is 1. The molecule has 1 aliphatic rings. The molecular formula is C23H27ClN4O2. The minimum atomic E-state index is -0.509. The van der Waals surface area contributed by atoms with Gasteiger partial charge in [-0.3, -0.25) is 0 Å². The third-order valence-corrected chi connectivity index (χ3v) is 5.48. The number of carbonyl (C=O) groups excluding carboxylic acids is 1. The Morgan fingerprint density at radius 2 is 1.93 bits per heavy atom. The number of aromatic nitrogens is 2. The largest absolute Gasteiger partial charge is 0.444 e. The third-order valence-electron chi connectivity index (χ3n) is 5.11. The summed E-state index contributed by atoms with van der Waals surface area (Å²) in [5, 5.41) is 3.73. The Bertz CT molecular complexity index is 1060. The number of amides is 1. The first-order chi connectivity index (χ1) is 14.3. The maximum absolute atomic E-state index is 12.2. The van der Waals surface area contributed by atoms with Crippen molar-refractivity contribution >= 4 is 34.7 Å². The van der Waals surface area contributed by atoms with Crippen LogP contribution in [0.15, 0.2) is 48.5 Å². The second-order valence-corrected chi connectivity index (χ2v) is 9.06. The number of fused-ring (bicyclic) bond motifs is 1. The molecule has 0 spiro atoms. The number of alkyl carbamates (subject to hydrolysis) is 1. The van der Waals surface area contributed by atoms with Gasteiger partial charge in [-0.15, -0.1) is 0 Å². The van der Waals surface area contributed by atoms with E-state index in [2.05, 4.69) is 20.9 Å². The van der Waals surface area contributed by atoms with Crippen LogP contribution < -0.4 is 10.2 Å². The van der Waals surface area contributed by atoms with Crippen LogP contribution in [-0.2, 0) is 11.3 Å². The summed E-state index contributed by atoms with van der Waals surface area (Å²) in [4.78, 5) is 19.3. The number of hydrogen-bond donors (Lipinski definition) is 1. The maximum Gasteiger partial charge on any atom is 0.407 e. The van der Waals surface area contributed by atoms with Crippen LogP contribution in [0.2, 0.25) is 5.02 Å². The van der Waals surface area contributed by atoms with Crippen molar-refractivity contribution in [3.63, 3.8) is 0 Å². The Morgan fingerprint density at radius 1 is 1.20 bits per heavy atom. The van der Waals surface area contributed by atoms with Crippen molar-refractivity contribution in [1.82, 2.24) is 14.9 Å². The first-order valence-electron chi connectivity index (χ1n) is 10.2. The zero-order chi connectivity index (χ0) is 21.3. The summed E-state index contributed by atoms with van der Waals surface area (Å²) in [7, 11) is 0. The third kappa shape index (κ3) is 4.54. The predicted molar refractivity (Wildman–Crippen MR) is 120 cm³/mol. The van der Waals surface area contributed by atoms with Gasteiger partial charge >= 0.3 is 6.09 Å². The maximum atomic E-state index is 12.2. The van der Waals surface area contributed by atoms with E-state index in [4.69, 9.17) is 21.3 Å². The number of benzene rings is 2. The lowest BCUT2D eigenvalue weighted by atomic mass is 10.2. The van der Waals surface area contributed by atoms with E-state index in [0.717, 1.165) is 40.5 Å². The molecule has 30 heavy (non-hydrogen) atoms. The van der Waals surface area contributed by atoms with Crippen LogP contribution in [0.5, 0.6) is 0 Å². The van der Waals surface area contributed by atoms with Crippen LogP contribution >= 0.6 is 11.6 Å². The fraction of sp³-hybridized carbons (Fsp3) is 0.391. The molecule has 1 fully saturated rings. The molecule has 1 atom stereocenters. The lowest BCUT2D eigenvalue weighted by Crippen LogP contribution is -2.40. The van der Waals surface area contributed by atoms with Gasteiger partial charge in [0.2, 0.25) is 5.95 Å². The molecule has 0 aliphatic carbocycles. The van der Waals surface area contributed by atoms with E-state index in [-0.39, 0.29) is 12.1 Å². The summed E-state index contributed by atoms with van der Waals surface area (Å²) in [6, 6.07) is 16.0. The SMILES string of the molecule is CC(C)(C)OC(=O)N[C@H]1CCN(c2nc3ccccc3n2Cc2ccccc2Cl)C1. The molecule has 2 heterocycles. The highest BCUT2D eigenvalue weighted by molar-refractivity contribution is 6.31. The number of para-hydroxylation sites is 2. The molecule has 0 unspecified atom stereocenters. The molecule has 0 bridgehead atoms. The molecule has 1 aliphatic heterocycles. The van der Waals surface area contributed by atoms with Gasteiger partial charge in [0, 0.05) is 18.1 Å². The average molecular weight is 427 g/mol. The van der Waals surface area contributed by atoms with Crippen molar-refractivity contribution in [3.8, 4) is 0 Å². The molecule has 1 saturated heterocycles. The van der Waals surface area contributed by atoms with Gasteiger partial charge in [-0.1, -0.05) is 41.9 Å². The van der Waals surface area contributed by atoms with E-state index in [1.54, 1.807) is 0 Å². The van der Waals surface area contributed by atoms with Crippen LogP contribution in [0.3, 0.4) is 0 Å². The Morgan fingerprint density at radius 3 is 2.70 bits per heavy atom. The molecule has 1 aromatic heterocycles. The van der Waals surface area contributed by atoms with Gasteiger partial charge < -0.3 is 19.5 Å². The fourth-order valence-corrected chi connectivity index (χ4v) is 3.99. The topological polar surface area (TPSA) is 59.4 Å². The highest BCUT2D eigenvalue weighted by atomic mass is 35.5. The number of nitrogens with one attached hydrogen (secondary N) is 1. The number of nitrogens with zero attached hydrogens (tertiary/aromatic N) is 3. The molecule has 1 amide bonds. The predicted octanol–water partition coefficient (Wildman–Crippen LogP) is 4.84. The first-order valence-corrected chi connectivity index (χ1v) is 10.6. The quantitative estimate of drug-likeness (QED) is 0.648. The van der Waals surface area contributed by atoms with E-state index < -0.39 is 5.60 Å². The summed E-state index contributed by atoms with van der Waals surface area (Å²) in [5.74, 6) is 0.893. The minimum Gasteiger partial charge on any atom is -0.444 e. The molecule has 158 valence electrons. The number of anilines is 1.